The zero-order valence-corrected chi connectivity index (χ0v) is 14.8. The minimum Gasteiger partial charge on any atom is -0.496 e. The Kier molecular flexibility index (Phi) is 5.87. The number of amides is 1. The van der Waals surface area contributed by atoms with Crippen LogP contribution in [0.5, 0.6) is 17.2 Å². The van der Waals surface area contributed by atoms with Crippen LogP contribution >= 0.6 is 15.9 Å². The van der Waals surface area contributed by atoms with Gasteiger partial charge < -0.3 is 19.5 Å². The van der Waals surface area contributed by atoms with Crippen LogP contribution in [-0.4, -0.2) is 27.2 Å². The molecule has 6 heteroatoms. The van der Waals surface area contributed by atoms with Gasteiger partial charge in [-0.05, 0) is 17.7 Å². The highest BCUT2D eigenvalue weighted by atomic mass is 79.9. The van der Waals surface area contributed by atoms with Gasteiger partial charge in [-0.3, -0.25) is 4.79 Å². The summed E-state index contributed by atoms with van der Waals surface area (Å²) in [5.74, 6) is 1.16. The Morgan fingerprint density at radius 3 is 2.26 bits per heavy atom. The number of benzene rings is 2. The number of nitrogens with one attached hydrogen (secondary N) is 1. The lowest BCUT2D eigenvalue weighted by atomic mass is 10.1. The summed E-state index contributed by atoms with van der Waals surface area (Å²) in [5, 5.41) is 2.87. The molecule has 0 fully saturated rings. The summed E-state index contributed by atoms with van der Waals surface area (Å²) in [6.45, 7) is 0.412. The summed E-state index contributed by atoms with van der Waals surface area (Å²) in [6.07, 6.45) is 0. The Morgan fingerprint density at radius 2 is 1.65 bits per heavy atom. The molecule has 0 spiro atoms. The maximum atomic E-state index is 12.5. The lowest BCUT2D eigenvalue weighted by Gasteiger charge is -2.14. The lowest BCUT2D eigenvalue weighted by Crippen LogP contribution is -2.23. The minimum absolute atomic E-state index is 0.247. The average molecular weight is 380 g/mol. The molecule has 0 radical (unpaired) electrons. The number of carbonyl (C=O) groups excluding carboxylic acids is 1. The molecule has 0 atom stereocenters. The Hall–Kier alpha value is -2.21. The van der Waals surface area contributed by atoms with Crippen molar-refractivity contribution >= 4 is 21.8 Å². The molecule has 0 heterocycles. The minimum atomic E-state index is -0.247. The van der Waals surface area contributed by atoms with E-state index in [2.05, 4.69) is 21.2 Å². The SMILES string of the molecule is COc1cc(OC)c(C(=O)NCc2cccc(Br)c2)cc1OC. The van der Waals surface area contributed by atoms with Crippen LogP contribution in [0.25, 0.3) is 0 Å². The van der Waals surface area contributed by atoms with E-state index in [-0.39, 0.29) is 5.91 Å². The Labute approximate surface area is 143 Å². The van der Waals surface area contributed by atoms with Crippen molar-refractivity contribution in [3.8, 4) is 17.2 Å². The van der Waals surface area contributed by atoms with Gasteiger partial charge in [0.25, 0.3) is 5.91 Å². The molecule has 0 bridgehead atoms. The molecule has 122 valence electrons. The van der Waals surface area contributed by atoms with Crippen LogP contribution in [0.4, 0.5) is 0 Å². The standard InChI is InChI=1S/C17H18BrNO4/c1-21-14-9-16(23-3)15(22-2)8-13(14)17(20)19-10-11-5-4-6-12(18)7-11/h4-9H,10H2,1-3H3,(H,19,20). The third-order valence-corrected chi connectivity index (χ3v) is 3.79. The lowest BCUT2D eigenvalue weighted by molar-refractivity contribution is 0.0947. The van der Waals surface area contributed by atoms with E-state index in [4.69, 9.17) is 14.2 Å². The van der Waals surface area contributed by atoms with Gasteiger partial charge in [0.05, 0.1) is 26.9 Å². The van der Waals surface area contributed by atoms with Crippen LogP contribution in [0.1, 0.15) is 15.9 Å². The molecule has 5 nitrogen and oxygen atoms in total. The maximum absolute atomic E-state index is 12.5. The van der Waals surface area contributed by atoms with Crippen molar-refractivity contribution < 1.29 is 19.0 Å². The molecule has 0 aliphatic rings. The van der Waals surface area contributed by atoms with E-state index in [9.17, 15) is 4.79 Å². The van der Waals surface area contributed by atoms with Crippen molar-refractivity contribution in [3.05, 3.63) is 52.0 Å². The monoisotopic (exact) mass is 379 g/mol. The van der Waals surface area contributed by atoms with Gasteiger partial charge in [0.2, 0.25) is 0 Å². The summed E-state index contributed by atoms with van der Waals surface area (Å²) >= 11 is 3.41. The first-order valence-corrected chi connectivity index (χ1v) is 7.71. The molecule has 2 aromatic rings. The smallest absolute Gasteiger partial charge is 0.255 e. The zero-order chi connectivity index (χ0) is 16.8. The summed E-state index contributed by atoms with van der Waals surface area (Å²) in [4.78, 5) is 12.5. The van der Waals surface area contributed by atoms with Gasteiger partial charge in [0.1, 0.15) is 5.75 Å². The van der Waals surface area contributed by atoms with Gasteiger partial charge in [-0.25, -0.2) is 0 Å². The molecule has 23 heavy (non-hydrogen) atoms. The molecule has 0 unspecified atom stereocenters. The number of carbonyl (C=O) groups is 1. The van der Waals surface area contributed by atoms with Crippen molar-refractivity contribution in [2.45, 2.75) is 6.54 Å². The summed E-state index contributed by atoms with van der Waals surface area (Å²) in [6, 6.07) is 11.0. The second-order valence-corrected chi connectivity index (χ2v) is 5.64. The quantitative estimate of drug-likeness (QED) is 0.835. The van der Waals surface area contributed by atoms with Crippen LogP contribution in [0.2, 0.25) is 0 Å². The third-order valence-electron chi connectivity index (χ3n) is 3.29. The van der Waals surface area contributed by atoms with Gasteiger partial charge in [-0.1, -0.05) is 28.1 Å². The van der Waals surface area contributed by atoms with Crippen molar-refractivity contribution in [2.75, 3.05) is 21.3 Å². The van der Waals surface area contributed by atoms with E-state index in [0.717, 1.165) is 10.0 Å². The molecule has 0 aliphatic carbocycles. The highest BCUT2D eigenvalue weighted by Crippen LogP contribution is 2.34. The van der Waals surface area contributed by atoms with Crippen molar-refractivity contribution in [1.82, 2.24) is 5.32 Å². The number of hydrogen-bond acceptors (Lipinski definition) is 4. The van der Waals surface area contributed by atoms with Crippen LogP contribution < -0.4 is 19.5 Å². The fraction of sp³-hybridized carbons (Fsp3) is 0.235. The molecule has 0 saturated heterocycles. The van der Waals surface area contributed by atoms with E-state index in [1.807, 2.05) is 24.3 Å². The van der Waals surface area contributed by atoms with Crippen molar-refractivity contribution in [1.29, 1.82) is 0 Å². The summed E-state index contributed by atoms with van der Waals surface area (Å²) < 4.78 is 16.7. The van der Waals surface area contributed by atoms with Crippen LogP contribution in [0.3, 0.4) is 0 Å². The average Bonchev–Trinajstić information content (AvgIpc) is 2.58. The topological polar surface area (TPSA) is 56.8 Å². The Balaban J connectivity index is 2.21. The summed E-state index contributed by atoms with van der Waals surface area (Å²) in [7, 11) is 4.56. The fourth-order valence-corrected chi connectivity index (χ4v) is 2.58. The number of hydrogen-bond donors (Lipinski definition) is 1. The van der Waals surface area contributed by atoms with E-state index < -0.39 is 0 Å². The molecule has 0 saturated carbocycles. The predicted molar refractivity (Wildman–Crippen MR) is 91.4 cm³/mol. The van der Waals surface area contributed by atoms with E-state index >= 15 is 0 Å². The van der Waals surface area contributed by atoms with Gasteiger partial charge in [-0.15, -0.1) is 0 Å². The molecule has 1 N–H and O–H groups in total. The van der Waals surface area contributed by atoms with E-state index in [1.54, 1.807) is 12.1 Å². The van der Waals surface area contributed by atoms with Gasteiger partial charge in [-0.2, -0.15) is 0 Å². The zero-order valence-electron chi connectivity index (χ0n) is 13.2. The van der Waals surface area contributed by atoms with E-state index in [1.165, 1.54) is 21.3 Å². The third kappa shape index (κ3) is 4.16. The molecule has 0 aliphatic heterocycles. The largest absolute Gasteiger partial charge is 0.496 e. The highest BCUT2D eigenvalue weighted by molar-refractivity contribution is 9.10. The normalized spacial score (nSPS) is 10.1. The number of ether oxygens (including phenoxy) is 3. The highest BCUT2D eigenvalue weighted by Gasteiger charge is 2.17. The molecule has 0 aromatic heterocycles. The maximum Gasteiger partial charge on any atom is 0.255 e. The first kappa shape index (κ1) is 17.1. The second kappa shape index (κ2) is 7.87. The van der Waals surface area contributed by atoms with Gasteiger partial charge >= 0.3 is 0 Å². The summed E-state index contributed by atoms with van der Waals surface area (Å²) in [5.41, 5.74) is 1.38. The Bertz CT molecular complexity index is 703. The van der Waals surface area contributed by atoms with Crippen molar-refractivity contribution in [3.63, 3.8) is 0 Å². The van der Waals surface area contributed by atoms with Crippen LogP contribution in [0.15, 0.2) is 40.9 Å². The van der Waals surface area contributed by atoms with Gasteiger partial charge in [0.15, 0.2) is 11.5 Å². The van der Waals surface area contributed by atoms with E-state index in [0.29, 0.717) is 29.4 Å². The molecular weight excluding hydrogens is 362 g/mol. The van der Waals surface area contributed by atoms with Crippen molar-refractivity contribution in [2.24, 2.45) is 0 Å². The molecule has 2 rings (SSSR count). The first-order valence-electron chi connectivity index (χ1n) is 6.91. The van der Waals surface area contributed by atoms with Crippen LogP contribution in [0, 0.1) is 0 Å². The number of rotatable bonds is 6. The number of methoxy groups -OCH3 is 3. The number of halogens is 1. The Morgan fingerprint density at radius 1 is 1.00 bits per heavy atom. The predicted octanol–water partition coefficient (Wildman–Crippen LogP) is 3.40. The van der Waals surface area contributed by atoms with Crippen LogP contribution in [-0.2, 0) is 6.54 Å². The first-order chi connectivity index (χ1) is 11.1. The molecule has 1 amide bonds. The second-order valence-electron chi connectivity index (χ2n) is 4.72. The molecular formula is C17H18BrNO4. The fourth-order valence-electron chi connectivity index (χ4n) is 2.13. The van der Waals surface area contributed by atoms with Gasteiger partial charge in [0, 0.05) is 23.2 Å². The molecule has 2 aromatic carbocycles.